The number of amides is 2. The van der Waals surface area contributed by atoms with Gasteiger partial charge in [-0.05, 0) is 24.3 Å². The molecule has 2 amide bonds. The second-order valence-corrected chi connectivity index (χ2v) is 7.77. The minimum absolute atomic E-state index is 0.0814. The molecule has 3 aromatic rings. The molecule has 3 aromatic heterocycles. The number of hydrogen-bond acceptors (Lipinski definition) is 8. The first kappa shape index (κ1) is 17.8. The number of aryl methyl sites for hydroxylation is 1. The van der Waals surface area contributed by atoms with Crippen LogP contribution in [0, 0.1) is 0 Å². The molecule has 0 bridgehead atoms. The van der Waals surface area contributed by atoms with Gasteiger partial charge in [-0.2, -0.15) is 16.3 Å². The van der Waals surface area contributed by atoms with E-state index < -0.39 is 6.04 Å². The van der Waals surface area contributed by atoms with E-state index >= 15 is 0 Å². The average Bonchev–Trinajstić information content (AvgIpc) is 3.47. The number of rotatable bonds is 6. The lowest BCUT2D eigenvalue weighted by Crippen LogP contribution is -2.43. The molecule has 140 valence electrons. The minimum atomic E-state index is -0.453. The molecule has 4 heterocycles. The summed E-state index contributed by atoms with van der Waals surface area (Å²) in [5.74, 6) is 0.684. The van der Waals surface area contributed by atoms with Crippen molar-refractivity contribution in [3.8, 4) is 11.4 Å². The second kappa shape index (κ2) is 7.97. The number of aromatic nitrogens is 3. The summed E-state index contributed by atoms with van der Waals surface area (Å²) in [4.78, 5) is 35.1. The van der Waals surface area contributed by atoms with Crippen LogP contribution in [0.3, 0.4) is 0 Å². The van der Waals surface area contributed by atoms with Gasteiger partial charge < -0.3 is 14.7 Å². The summed E-state index contributed by atoms with van der Waals surface area (Å²) in [6, 6.07) is 1.46. The first-order chi connectivity index (χ1) is 13.2. The van der Waals surface area contributed by atoms with Crippen molar-refractivity contribution in [3.05, 3.63) is 34.3 Å². The molecule has 0 saturated carbocycles. The maximum absolute atomic E-state index is 12.6. The van der Waals surface area contributed by atoms with Crippen LogP contribution < -0.4 is 5.32 Å². The Balaban J connectivity index is 1.34. The van der Waals surface area contributed by atoms with Crippen molar-refractivity contribution >= 4 is 39.6 Å². The van der Waals surface area contributed by atoms with E-state index in [1.807, 2.05) is 16.8 Å². The summed E-state index contributed by atoms with van der Waals surface area (Å²) < 4.78 is 5.23. The first-order valence-electron chi connectivity index (χ1n) is 8.55. The van der Waals surface area contributed by atoms with Crippen molar-refractivity contribution in [3.63, 3.8) is 0 Å². The van der Waals surface area contributed by atoms with Crippen molar-refractivity contribution in [2.24, 2.45) is 0 Å². The van der Waals surface area contributed by atoms with Crippen LogP contribution in [0.2, 0.25) is 0 Å². The summed E-state index contributed by atoms with van der Waals surface area (Å²) in [6.45, 7) is 0.582. The Morgan fingerprint density at radius 2 is 2.30 bits per heavy atom. The predicted octanol–water partition coefficient (Wildman–Crippen LogP) is 2.82. The molecule has 27 heavy (non-hydrogen) atoms. The molecule has 1 N–H and O–H groups in total. The van der Waals surface area contributed by atoms with E-state index in [-0.39, 0.29) is 18.2 Å². The molecule has 1 aliphatic heterocycles. The van der Waals surface area contributed by atoms with E-state index in [9.17, 15) is 9.59 Å². The highest BCUT2D eigenvalue weighted by Crippen LogP contribution is 2.22. The Labute approximate surface area is 163 Å². The van der Waals surface area contributed by atoms with Gasteiger partial charge in [0, 0.05) is 41.9 Å². The normalized spacial score (nSPS) is 16.6. The summed E-state index contributed by atoms with van der Waals surface area (Å²) in [6.07, 6.45) is 3.68. The van der Waals surface area contributed by atoms with Gasteiger partial charge in [-0.3, -0.25) is 9.59 Å². The quantitative estimate of drug-likeness (QED) is 0.679. The molecule has 1 aliphatic rings. The largest absolute Gasteiger partial charge is 0.339 e. The molecule has 8 nitrogen and oxygen atoms in total. The van der Waals surface area contributed by atoms with Crippen LogP contribution in [0.4, 0.5) is 5.13 Å². The van der Waals surface area contributed by atoms with E-state index in [0.29, 0.717) is 36.2 Å². The van der Waals surface area contributed by atoms with E-state index in [1.54, 1.807) is 27.8 Å². The summed E-state index contributed by atoms with van der Waals surface area (Å²) in [7, 11) is 0. The van der Waals surface area contributed by atoms with Crippen LogP contribution in [0.25, 0.3) is 11.4 Å². The summed E-state index contributed by atoms with van der Waals surface area (Å²) in [5.41, 5.74) is 0.903. The third-order valence-electron chi connectivity index (χ3n) is 4.34. The van der Waals surface area contributed by atoms with Crippen LogP contribution in [-0.4, -0.2) is 44.4 Å². The number of thiazole rings is 1. The lowest BCUT2D eigenvalue weighted by Gasteiger charge is -2.23. The van der Waals surface area contributed by atoms with Crippen molar-refractivity contribution < 1.29 is 14.1 Å². The van der Waals surface area contributed by atoms with E-state index in [4.69, 9.17) is 4.52 Å². The van der Waals surface area contributed by atoms with Crippen LogP contribution in [0.15, 0.2) is 32.9 Å². The first-order valence-corrected chi connectivity index (χ1v) is 10.4. The highest BCUT2D eigenvalue weighted by atomic mass is 32.1. The number of anilines is 1. The molecule has 4 rings (SSSR count). The van der Waals surface area contributed by atoms with Gasteiger partial charge in [0.05, 0.1) is 0 Å². The zero-order chi connectivity index (χ0) is 18.6. The van der Waals surface area contributed by atoms with Crippen LogP contribution >= 0.6 is 22.7 Å². The van der Waals surface area contributed by atoms with E-state index in [0.717, 1.165) is 12.0 Å². The molecule has 0 spiro atoms. The Morgan fingerprint density at radius 3 is 3.07 bits per heavy atom. The summed E-state index contributed by atoms with van der Waals surface area (Å²) in [5, 5.41) is 12.9. The number of carbonyl (C=O) groups is 2. The average molecular weight is 403 g/mol. The van der Waals surface area contributed by atoms with Crippen molar-refractivity contribution in [1.29, 1.82) is 0 Å². The smallest absolute Gasteiger partial charge is 0.248 e. The second-order valence-electron chi connectivity index (χ2n) is 6.10. The van der Waals surface area contributed by atoms with Gasteiger partial charge >= 0.3 is 0 Å². The molecule has 1 saturated heterocycles. The molecule has 0 radical (unpaired) electrons. The van der Waals surface area contributed by atoms with Gasteiger partial charge in [0.2, 0.25) is 23.5 Å². The minimum Gasteiger partial charge on any atom is -0.339 e. The fraction of sp³-hybridized carbons (Fsp3) is 0.353. The number of nitrogens with one attached hydrogen (secondary N) is 1. The SMILES string of the molecule is O=C(Nc1nccs1)C1CCCN1C(=O)CCc1nc(-c2ccsc2)no1. The van der Waals surface area contributed by atoms with Gasteiger partial charge in [-0.1, -0.05) is 5.16 Å². The van der Waals surface area contributed by atoms with Crippen molar-refractivity contribution in [2.45, 2.75) is 31.7 Å². The third kappa shape index (κ3) is 4.06. The monoisotopic (exact) mass is 403 g/mol. The lowest BCUT2D eigenvalue weighted by molar-refractivity contribution is -0.136. The molecule has 1 atom stereocenters. The van der Waals surface area contributed by atoms with Gasteiger partial charge in [0.1, 0.15) is 6.04 Å². The highest BCUT2D eigenvalue weighted by molar-refractivity contribution is 7.13. The number of carbonyl (C=O) groups excluding carboxylic acids is 2. The fourth-order valence-electron chi connectivity index (χ4n) is 3.03. The molecule has 1 unspecified atom stereocenters. The van der Waals surface area contributed by atoms with Crippen LogP contribution in [0.1, 0.15) is 25.2 Å². The molecule has 1 fully saturated rings. The maximum Gasteiger partial charge on any atom is 0.248 e. The molecular weight excluding hydrogens is 386 g/mol. The Hall–Kier alpha value is -2.59. The lowest BCUT2D eigenvalue weighted by atomic mass is 10.2. The Bertz CT molecular complexity index is 907. The van der Waals surface area contributed by atoms with Gasteiger partial charge in [0.15, 0.2) is 5.13 Å². The molecule has 0 aliphatic carbocycles. The zero-order valence-electron chi connectivity index (χ0n) is 14.3. The van der Waals surface area contributed by atoms with Crippen molar-refractivity contribution in [1.82, 2.24) is 20.0 Å². The molecule has 10 heteroatoms. The Kier molecular flexibility index (Phi) is 5.26. The maximum atomic E-state index is 12.6. The van der Waals surface area contributed by atoms with Crippen molar-refractivity contribution in [2.75, 3.05) is 11.9 Å². The summed E-state index contributed by atoms with van der Waals surface area (Å²) >= 11 is 2.91. The van der Waals surface area contributed by atoms with Gasteiger partial charge in [-0.25, -0.2) is 4.98 Å². The zero-order valence-corrected chi connectivity index (χ0v) is 16.0. The van der Waals surface area contributed by atoms with E-state index in [1.165, 1.54) is 11.3 Å². The van der Waals surface area contributed by atoms with Crippen LogP contribution in [0.5, 0.6) is 0 Å². The number of thiophene rings is 1. The number of hydrogen-bond donors (Lipinski definition) is 1. The van der Waals surface area contributed by atoms with Gasteiger partial charge in [-0.15, -0.1) is 11.3 Å². The van der Waals surface area contributed by atoms with E-state index in [2.05, 4.69) is 20.4 Å². The number of nitrogens with zero attached hydrogens (tertiary/aromatic N) is 4. The predicted molar refractivity (Wildman–Crippen MR) is 101 cm³/mol. The molecular formula is C17H17N5O3S2. The van der Waals surface area contributed by atoms with Crippen LogP contribution in [-0.2, 0) is 16.0 Å². The van der Waals surface area contributed by atoms with Gasteiger partial charge in [0.25, 0.3) is 0 Å². The fourth-order valence-corrected chi connectivity index (χ4v) is 4.20. The highest BCUT2D eigenvalue weighted by Gasteiger charge is 2.34. The standard InChI is InChI=1S/C17H17N5O3S2/c23-14(4-3-13-19-15(21-25-13)11-5-8-26-10-11)22-7-1-2-12(22)16(24)20-17-18-6-9-27-17/h5-6,8-10,12H,1-4,7H2,(H,18,20,24). The molecule has 0 aromatic carbocycles. The topological polar surface area (TPSA) is 101 Å². The Morgan fingerprint density at radius 1 is 1.37 bits per heavy atom. The third-order valence-corrected chi connectivity index (χ3v) is 5.71. The number of likely N-dealkylation sites (tertiary alicyclic amines) is 1.